The quantitative estimate of drug-likeness (QED) is 0.599. The minimum Gasteiger partial charge on any atom is -0.457 e. The molecule has 3 unspecified atom stereocenters. The van der Waals surface area contributed by atoms with Crippen molar-refractivity contribution in [3.05, 3.63) is 77.1 Å². The maximum Gasteiger partial charge on any atom is 0.418 e. The van der Waals surface area contributed by atoms with Crippen LogP contribution in [-0.2, 0) is 9.84 Å². The number of hydrogen-bond acceptors (Lipinski definition) is 6. The lowest BCUT2D eigenvalue weighted by Crippen LogP contribution is -2.32. The zero-order chi connectivity index (χ0) is 26.0. The summed E-state index contributed by atoms with van der Waals surface area (Å²) >= 11 is 0. The van der Waals surface area contributed by atoms with E-state index in [9.17, 15) is 30.8 Å². The number of allylic oxidation sites excluding steroid dienone is 3. The van der Waals surface area contributed by atoms with Crippen molar-refractivity contribution in [2.75, 3.05) is 6.26 Å². The van der Waals surface area contributed by atoms with Gasteiger partial charge in [0, 0.05) is 18.2 Å². The summed E-state index contributed by atoms with van der Waals surface area (Å²) < 4.78 is 85.7. The van der Waals surface area contributed by atoms with E-state index in [1.807, 2.05) is 0 Å². The van der Waals surface area contributed by atoms with Crippen molar-refractivity contribution in [3.63, 3.8) is 0 Å². The lowest BCUT2D eigenvalue weighted by atomic mass is 9.84. The molecule has 1 aliphatic heterocycles. The fraction of sp³-hybridized carbons (Fsp3) is 0.208. The van der Waals surface area contributed by atoms with E-state index in [4.69, 9.17) is 10.5 Å². The second-order valence-corrected chi connectivity index (χ2v) is 10.6. The van der Waals surface area contributed by atoms with Crippen LogP contribution >= 0.6 is 0 Å². The van der Waals surface area contributed by atoms with E-state index in [1.165, 1.54) is 30.3 Å². The number of carbonyl (C=O) groups excluding carboxylic acids is 1. The molecular formula is C24H17F4N3O4S. The van der Waals surface area contributed by atoms with Gasteiger partial charge in [0.2, 0.25) is 5.91 Å². The van der Waals surface area contributed by atoms with Gasteiger partial charge in [0.15, 0.2) is 9.84 Å². The molecule has 5 rings (SSSR count). The van der Waals surface area contributed by atoms with Crippen LogP contribution in [0.1, 0.15) is 21.8 Å². The molecule has 1 heterocycles. The van der Waals surface area contributed by atoms with Crippen LogP contribution in [0, 0.1) is 11.2 Å². The van der Waals surface area contributed by atoms with Gasteiger partial charge < -0.3 is 10.5 Å². The van der Waals surface area contributed by atoms with Crippen LogP contribution in [0.3, 0.4) is 0 Å². The van der Waals surface area contributed by atoms with Crippen molar-refractivity contribution in [1.29, 1.82) is 0 Å². The Hall–Kier alpha value is -3.80. The van der Waals surface area contributed by atoms with Gasteiger partial charge in [-0.15, -0.1) is 0 Å². The topological polar surface area (TPSA) is 111 Å². The number of rotatable bonds is 5. The van der Waals surface area contributed by atoms with Gasteiger partial charge in [-0.25, -0.2) is 17.8 Å². The van der Waals surface area contributed by atoms with Gasteiger partial charge in [-0.2, -0.15) is 13.2 Å². The summed E-state index contributed by atoms with van der Waals surface area (Å²) in [6, 6.07) is 6.70. The Bertz CT molecular complexity index is 1540. The number of nitrogens with two attached hydrogens (primary N) is 1. The van der Waals surface area contributed by atoms with E-state index in [1.54, 1.807) is 6.08 Å². The minimum atomic E-state index is -4.64. The molecule has 3 aliphatic rings. The largest absolute Gasteiger partial charge is 0.457 e. The molecule has 2 aromatic rings. The van der Waals surface area contributed by atoms with Crippen LogP contribution in [0.15, 0.2) is 75.1 Å². The first-order valence-electron chi connectivity index (χ1n) is 10.5. The number of benzene rings is 2. The summed E-state index contributed by atoms with van der Waals surface area (Å²) in [5.74, 6) is -2.23. The van der Waals surface area contributed by atoms with Crippen molar-refractivity contribution in [2.24, 2.45) is 21.1 Å². The summed E-state index contributed by atoms with van der Waals surface area (Å²) in [7, 11) is -3.83. The second-order valence-electron chi connectivity index (χ2n) is 8.61. The number of carbonyl (C=O) groups is 1. The van der Waals surface area contributed by atoms with Crippen LogP contribution < -0.4 is 10.5 Å². The zero-order valence-electron chi connectivity index (χ0n) is 18.5. The Morgan fingerprint density at radius 1 is 1.14 bits per heavy atom. The Morgan fingerprint density at radius 2 is 1.83 bits per heavy atom. The highest BCUT2D eigenvalue weighted by Gasteiger charge is 2.71. The first kappa shape index (κ1) is 23.9. The Labute approximate surface area is 202 Å². The lowest BCUT2D eigenvalue weighted by molar-refractivity contribution is -0.0865. The minimum absolute atomic E-state index is 0.0319. The molecule has 0 aromatic heterocycles. The Morgan fingerprint density at radius 3 is 2.50 bits per heavy atom. The van der Waals surface area contributed by atoms with Crippen LogP contribution in [0.5, 0.6) is 11.5 Å². The molecule has 1 saturated carbocycles. The standard InChI is InChI=1S/C24H17F4N3O4S/c1-36(33,34)18-10-13(4-6-14(18)22(29)32)35-12-5-7-17(25)15(9-12)19-21-23(19)8-2-3-16(24(26,27)28)20(23)30-11-31-21/h2-11,19,21H,1H3,(H2,29,32). The van der Waals surface area contributed by atoms with E-state index < -0.39 is 50.7 Å². The number of hydrogen-bond donors (Lipinski definition) is 1. The van der Waals surface area contributed by atoms with E-state index in [0.29, 0.717) is 0 Å². The average molecular weight is 519 g/mol. The molecule has 1 spiro atoms. The molecule has 3 atom stereocenters. The highest BCUT2D eigenvalue weighted by molar-refractivity contribution is 7.90. The van der Waals surface area contributed by atoms with Crippen molar-refractivity contribution in [1.82, 2.24) is 0 Å². The normalized spacial score (nSPS) is 24.4. The molecule has 0 saturated heterocycles. The Kier molecular flexibility index (Phi) is 5.22. The molecule has 0 radical (unpaired) electrons. The highest BCUT2D eigenvalue weighted by Crippen LogP contribution is 2.67. The first-order valence-corrected chi connectivity index (χ1v) is 12.4. The monoisotopic (exact) mass is 519 g/mol. The second kappa shape index (κ2) is 7.85. The molecule has 2 aromatic carbocycles. The molecular weight excluding hydrogens is 502 g/mol. The summed E-state index contributed by atoms with van der Waals surface area (Å²) in [6.07, 6.45) is 1.09. The summed E-state index contributed by atoms with van der Waals surface area (Å²) in [5, 5.41) is 0. The zero-order valence-corrected chi connectivity index (χ0v) is 19.3. The fourth-order valence-electron chi connectivity index (χ4n) is 4.82. The van der Waals surface area contributed by atoms with E-state index in [-0.39, 0.29) is 33.2 Å². The number of halogens is 4. The Balaban J connectivity index is 1.50. The lowest BCUT2D eigenvalue weighted by Gasteiger charge is -2.25. The predicted octanol–water partition coefficient (Wildman–Crippen LogP) is 4.11. The van der Waals surface area contributed by atoms with Crippen LogP contribution in [0.4, 0.5) is 17.6 Å². The predicted molar refractivity (Wildman–Crippen MR) is 123 cm³/mol. The molecule has 12 heteroatoms. The number of sulfone groups is 1. The summed E-state index contributed by atoms with van der Waals surface area (Å²) in [5.41, 5.74) is 2.76. The third-order valence-corrected chi connectivity index (χ3v) is 7.52. The van der Waals surface area contributed by atoms with Crippen molar-refractivity contribution in [3.8, 4) is 11.5 Å². The molecule has 1 amide bonds. The maximum atomic E-state index is 14.9. The van der Waals surface area contributed by atoms with Gasteiger partial charge in [-0.1, -0.05) is 12.2 Å². The van der Waals surface area contributed by atoms with Gasteiger partial charge >= 0.3 is 6.18 Å². The van der Waals surface area contributed by atoms with E-state index >= 15 is 0 Å². The van der Waals surface area contributed by atoms with Gasteiger partial charge in [0.1, 0.15) is 23.7 Å². The number of alkyl halides is 3. The molecule has 2 aliphatic carbocycles. The fourth-order valence-corrected chi connectivity index (χ4v) is 5.72. The molecule has 7 nitrogen and oxygen atoms in total. The molecule has 186 valence electrons. The molecule has 1 fully saturated rings. The third kappa shape index (κ3) is 3.72. The van der Waals surface area contributed by atoms with Crippen molar-refractivity contribution in [2.45, 2.75) is 23.0 Å². The van der Waals surface area contributed by atoms with E-state index in [2.05, 4.69) is 9.98 Å². The number of amides is 1. The molecule has 36 heavy (non-hydrogen) atoms. The van der Waals surface area contributed by atoms with E-state index in [0.717, 1.165) is 30.8 Å². The molecule has 2 N–H and O–H groups in total. The van der Waals surface area contributed by atoms with Crippen molar-refractivity contribution < 1.29 is 35.5 Å². The summed E-state index contributed by atoms with van der Waals surface area (Å²) in [4.78, 5) is 19.4. The smallest absolute Gasteiger partial charge is 0.418 e. The number of aliphatic imine (C=N–C) groups is 2. The van der Waals surface area contributed by atoms with Crippen LogP contribution in [0.2, 0.25) is 0 Å². The third-order valence-electron chi connectivity index (χ3n) is 6.39. The SMILES string of the molecule is CS(=O)(=O)c1cc(Oc2ccc(F)c(C3C4N=CN=C5C(C(F)(F)F)=CC=CC543)c2)ccc1C(N)=O. The number of nitrogens with zero attached hydrogens (tertiary/aromatic N) is 2. The van der Waals surface area contributed by atoms with Crippen LogP contribution in [-0.4, -0.2) is 44.8 Å². The van der Waals surface area contributed by atoms with Gasteiger partial charge in [-0.05, 0) is 42.0 Å². The summed E-state index contributed by atoms with van der Waals surface area (Å²) in [6.45, 7) is 0. The van der Waals surface area contributed by atoms with Crippen LogP contribution in [0.25, 0.3) is 0 Å². The van der Waals surface area contributed by atoms with Gasteiger partial charge in [0.25, 0.3) is 0 Å². The number of ether oxygens (including phenoxy) is 1. The number of primary amides is 1. The van der Waals surface area contributed by atoms with Gasteiger partial charge in [-0.3, -0.25) is 9.79 Å². The average Bonchev–Trinajstić information content (AvgIpc) is 3.45. The van der Waals surface area contributed by atoms with Crippen molar-refractivity contribution >= 4 is 27.8 Å². The first-order chi connectivity index (χ1) is 16.8. The van der Waals surface area contributed by atoms with Gasteiger partial charge in [0.05, 0.1) is 33.2 Å². The highest BCUT2D eigenvalue weighted by atomic mass is 32.2. The molecule has 0 bridgehead atoms. The maximum absolute atomic E-state index is 14.9.